The number of aromatic amines is 1. The lowest BCUT2D eigenvalue weighted by atomic mass is 9.96. The Morgan fingerprint density at radius 3 is 2.59 bits per heavy atom. The van der Waals surface area contributed by atoms with Gasteiger partial charge in [0.1, 0.15) is 5.75 Å². The number of nitrogens with one attached hydrogen (secondary N) is 1. The fraction of sp³-hybridized carbons (Fsp3) is 0.250. The summed E-state index contributed by atoms with van der Waals surface area (Å²) in [5.74, 6) is 0.382. The fourth-order valence-electron chi connectivity index (χ4n) is 4.74. The maximum absolute atomic E-state index is 13.5. The smallest absolute Gasteiger partial charge is 0.325 e. The van der Waals surface area contributed by atoms with E-state index in [1.165, 1.54) is 25.6 Å². The molecule has 0 spiro atoms. The van der Waals surface area contributed by atoms with Gasteiger partial charge in [-0.3, -0.25) is 19.4 Å². The lowest BCUT2D eigenvalue weighted by Gasteiger charge is -2.32. The van der Waals surface area contributed by atoms with Gasteiger partial charge in [0.25, 0.3) is 6.17 Å². The van der Waals surface area contributed by atoms with Gasteiger partial charge >= 0.3 is 17.2 Å². The highest BCUT2D eigenvalue weighted by Gasteiger charge is 2.47. The minimum absolute atomic E-state index is 0.237. The third-order valence-corrected chi connectivity index (χ3v) is 7.23. The molecule has 37 heavy (non-hydrogen) atoms. The van der Waals surface area contributed by atoms with Crippen molar-refractivity contribution in [2.24, 2.45) is 0 Å². The first-order chi connectivity index (χ1) is 17.9. The molecule has 2 heterocycles. The Bertz CT molecular complexity index is 1580. The Balaban J connectivity index is 1.87. The SMILES string of the molecule is CCCCSc1n[n+]2c(c(=O)[nH]1)-c1ccccc1N(C(C)=O)C2c1c(OC(C)=O)ccc2ccccc12. The highest BCUT2D eigenvalue weighted by atomic mass is 32.2. The predicted octanol–water partition coefficient (Wildman–Crippen LogP) is 4.61. The summed E-state index contributed by atoms with van der Waals surface area (Å²) in [5.41, 5.74) is 1.79. The number of benzene rings is 3. The Morgan fingerprint density at radius 1 is 1.08 bits per heavy atom. The molecule has 0 saturated carbocycles. The molecule has 5 rings (SSSR count). The van der Waals surface area contributed by atoms with Crippen LogP contribution in [-0.2, 0) is 9.59 Å². The molecule has 1 atom stereocenters. The second kappa shape index (κ2) is 10.2. The quantitative estimate of drug-likeness (QED) is 0.132. The van der Waals surface area contributed by atoms with Crippen molar-refractivity contribution >= 4 is 40.1 Å². The average molecular weight is 516 g/mol. The van der Waals surface area contributed by atoms with Gasteiger partial charge in [-0.2, -0.15) is 0 Å². The standard InChI is InChI=1S/C28H26N4O4S/c1-4-5-16-37-28-29-26(35)25-21-12-8-9-13-22(21)31(17(2)33)27(32(25)30-28)24-20-11-7-6-10-19(20)14-15-23(24)36-18(3)34/h6-15,27H,4-5,16H2,1-3H3/p+1. The van der Waals surface area contributed by atoms with E-state index in [1.807, 2.05) is 54.6 Å². The van der Waals surface area contributed by atoms with Crippen molar-refractivity contribution in [1.29, 1.82) is 0 Å². The molecular weight excluding hydrogens is 488 g/mol. The third kappa shape index (κ3) is 4.51. The second-order valence-corrected chi connectivity index (χ2v) is 9.91. The highest BCUT2D eigenvalue weighted by molar-refractivity contribution is 7.99. The molecule has 9 heteroatoms. The minimum Gasteiger partial charge on any atom is -0.426 e. The predicted molar refractivity (Wildman–Crippen MR) is 143 cm³/mol. The summed E-state index contributed by atoms with van der Waals surface area (Å²) in [5, 5.41) is 7.01. The number of carbonyl (C=O) groups is 2. The summed E-state index contributed by atoms with van der Waals surface area (Å²) in [6, 6.07) is 18.6. The van der Waals surface area contributed by atoms with Crippen molar-refractivity contribution in [3.05, 3.63) is 76.6 Å². The van der Waals surface area contributed by atoms with Crippen LogP contribution in [0.25, 0.3) is 22.0 Å². The zero-order chi connectivity index (χ0) is 26.1. The molecule has 0 radical (unpaired) electrons. The number of esters is 1. The van der Waals surface area contributed by atoms with Crippen LogP contribution in [0.2, 0.25) is 0 Å². The third-order valence-electron chi connectivity index (χ3n) is 6.28. The number of carbonyl (C=O) groups excluding carboxylic acids is 2. The summed E-state index contributed by atoms with van der Waals surface area (Å²) in [7, 11) is 0. The second-order valence-electron chi connectivity index (χ2n) is 8.83. The molecule has 1 aromatic heterocycles. The van der Waals surface area contributed by atoms with Gasteiger partial charge < -0.3 is 4.74 Å². The molecule has 3 aromatic carbocycles. The van der Waals surface area contributed by atoms with Crippen molar-refractivity contribution in [2.45, 2.75) is 44.9 Å². The van der Waals surface area contributed by atoms with Crippen LogP contribution in [0, 0.1) is 0 Å². The van der Waals surface area contributed by atoms with Gasteiger partial charge in [0, 0.05) is 24.7 Å². The number of unbranched alkanes of at least 4 members (excludes halogenated alkanes) is 1. The van der Waals surface area contributed by atoms with Gasteiger partial charge in [-0.15, -0.1) is 0 Å². The molecule has 1 N–H and O–H groups in total. The maximum atomic E-state index is 13.5. The van der Waals surface area contributed by atoms with E-state index < -0.39 is 12.1 Å². The zero-order valence-corrected chi connectivity index (χ0v) is 21.7. The van der Waals surface area contributed by atoms with E-state index in [1.54, 1.807) is 15.6 Å². The normalized spacial score (nSPS) is 14.2. The van der Waals surface area contributed by atoms with Crippen molar-refractivity contribution in [3.8, 4) is 17.0 Å². The zero-order valence-electron chi connectivity index (χ0n) is 20.9. The monoisotopic (exact) mass is 515 g/mol. The lowest BCUT2D eigenvalue weighted by Crippen LogP contribution is -2.60. The van der Waals surface area contributed by atoms with Gasteiger partial charge in [0.05, 0.1) is 16.8 Å². The van der Waals surface area contributed by atoms with Gasteiger partial charge in [-0.25, -0.2) is 4.90 Å². The van der Waals surface area contributed by atoms with E-state index in [0.717, 1.165) is 29.4 Å². The Labute approximate surface area is 218 Å². The molecule has 0 aliphatic carbocycles. The number of para-hydroxylation sites is 1. The summed E-state index contributed by atoms with van der Waals surface area (Å²) >= 11 is 1.46. The van der Waals surface area contributed by atoms with Crippen LogP contribution < -0.4 is 19.9 Å². The van der Waals surface area contributed by atoms with Crippen LogP contribution in [0.3, 0.4) is 0 Å². The van der Waals surface area contributed by atoms with Gasteiger partial charge in [-0.05, 0) is 40.1 Å². The van der Waals surface area contributed by atoms with Gasteiger partial charge in [0.2, 0.25) is 11.1 Å². The van der Waals surface area contributed by atoms with E-state index in [4.69, 9.17) is 9.84 Å². The number of hydrogen-bond donors (Lipinski definition) is 1. The number of aromatic nitrogens is 3. The Morgan fingerprint density at radius 2 is 1.84 bits per heavy atom. The number of hydrogen-bond acceptors (Lipinski definition) is 6. The summed E-state index contributed by atoms with van der Waals surface area (Å²) in [6.45, 7) is 4.92. The van der Waals surface area contributed by atoms with Gasteiger partial charge in [0.15, 0.2) is 0 Å². The molecule has 0 bridgehead atoms. The summed E-state index contributed by atoms with van der Waals surface area (Å²) < 4.78 is 7.27. The first kappa shape index (κ1) is 24.7. The molecule has 0 saturated heterocycles. The van der Waals surface area contributed by atoms with Crippen molar-refractivity contribution < 1.29 is 19.0 Å². The molecule has 4 aromatic rings. The van der Waals surface area contributed by atoms with Crippen molar-refractivity contribution in [2.75, 3.05) is 10.7 Å². The highest BCUT2D eigenvalue weighted by Crippen LogP contribution is 2.42. The molecule has 1 unspecified atom stereocenters. The van der Waals surface area contributed by atoms with E-state index in [2.05, 4.69) is 11.9 Å². The molecule has 1 aliphatic rings. The minimum atomic E-state index is -0.865. The molecule has 1 amide bonds. The lowest BCUT2D eigenvalue weighted by molar-refractivity contribution is -0.762. The topological polar surface area (TPSA) is 96.2 Å². The number of rotatable bonds is 6. The fourth-order valence-corrected chi connectivity index (χ4v) is 5.68. The molecule has 1 aliphatic heterocycles. The number of thioether (sulfide) groups is 1. The number of fused-ring (bicyclic) bond motifs is 4. The number of ether oxygens (including phenoxy) is 1. The van der Waals surface area contributed by atoms with E-state index in [-0.39, 0.29) is 11.5 Å². The van der Waals surface area contributed by atoms with E-state index >= 15 is 0 Å². The molecule has 8 nitrogen and oxygen atoms in total. The summed E-state index contributed by atoms with van der Waals surface area (Å²) in [4.78, 5) is 43.5. The summed E-state index contributed by atoms with van der Waals surface area (Å²) in [6.07, 6.45) is 1.13. The van der Waals surface area contributed by atoms with Crippen LogP contribution in [-0.4, -0.2) is 27.7 Å². The Kier molecular flexibility index (Phi) is 6.80. The van der Waals surface area contributed by atoms with Crippen molar-refractivity contribution in [1.82, 2.24) is 10.1 Å². The largest absolute Gasteiger partial charge is 0.426 e. The number of H-pyrrole nitrogens is 1. The van der Waals surface area contributed by atoms with Crippen LogP contribution in [0.1, 0.15) is 45.3 Å². The molecular formula is C28H27N4O4S+. The first-order valence-corrected chi connectivity index (χ1v) is 13.2. The maximum Gasteiger partial charge on any atom is 0.325 e. The van der Waals surface area contributed by atoms with Crippen LogP contribution >= 0.6 is 11.8 Å². The van der Waals surface area contributed by atoms with Crippen molar-refractivity contribution in [3.63, 3.8) is 0 Å². The van der Waals surface area contributed by atoms with Crippen LogP contribution in [0.5, 0.6) is 5.75 Å². The number of nitrogens with zero attached hydrogens (tertiary/aromatic N) is 3. The van der Waals surface area contributed by atoms with E-state index in [0.29, 0.717) is 33.4 Å². The molecule has 0 fully saturated rings. The van der Waals surface area contributed by atoms with E-state index in [9.17, 15) is 14.4 Å². The first-order valence-electron chi connectivity index (χ1n) is 12.2. The Hall–Kier alpha value is -3.98. The average Bonchev–Trinajstić information content (AvgIpc) is 2.87. The van der Waals surface area contributed by atoms with Gasteiger partial charge in [-0.1, -0.05) is 67.6 Å². The van der Waals surface area contributed by atoms with Crippen LogP contribution in [0.15, 0.2) is 70.6 Å². The number of anilines is 1. The molecule has 188 valence electrons. The number of amides is 1. The van der Waals surface area contributed by atoms with Crippen LogP contribution in [0.4, 0.5) is 5.69 Å².